The van der Waals surface area contributed by atoms with Crippen LogP contribution in [0.2, 0.25) is 0 Å². The fourth-order valence-electron chi connectivity index (χ4n) is 1.63. The highest BCUT2D eigenvalue weighted by Crippen LogP contribution is 2.24. The van der Waals surface area contributed by atoms with E-state index in [0.29, 0.717) is 5.75 Å². The van der Waals surface area contributed by atoms with E-state index in [9.17, 15) is 5.11 Å². The molecule has 0 spiro atoms. The minimum Gasteiger partial charge on any atom is -0.508 e. The molecule has 14 heavy (non-hydrogen) atoms. The molecule has 0 unspecified atom stereocenters. The van der Waals surface area contributed by atoms with Crippen LogP contribution in [0.15, 0.2) is 30.4 Å². The van der Waals surface area contributed by atoms with Gasteiger partial charge in [-0.3, -0.25) is 0 Å². The van der Waals surface area contributed by atoms with Crippen LogP contribution in [0.3, 0.4) is 0 Å². The zero-order chi connectivity index (χ0) is 10.6. The lowest BCUT2D eigenvalue weighted by molar-refractivity contribution is 0.468. The van der Waals surface area contributed by atoms with Gasteiger partial charge < -0.3 is 5.11 Å². The van der Waals surface area contributed by atoms with Crippen LogP contribution in [0.1, 0.15) is 31.4 Å². The fraction of sp³-hybridized carbons (Fsp3) is 0.385. The Kier molecular flexibility index (Phi) is 3.75. The van der Waals surface area contributed by atoms with Crippen LogP contribution < -0.4 is 0 Å². The normalized spacial score (nSPS) is 10.1. The molecule has 0 bridgehead atoms. The summed E-state index contributed by atoms with van der Waals surface area (Å²) in [5.41, 5.74) is 3.38. The molecule has 1 aromatic rings. The summed E-state index contributed by atoms with van der Waals surface area (Å²) < 4.78 is 0. The van der Waals surface area contributed by atoms with Gasteiger partial charge in [-0.1, -0.05) is 37.6 Å². The van der Waals surface area contributed by atoms with Gasteiger partial charge in [0.25, 0.3) is 0 Å². The molecule has 0 aliphatic rings. The summed E-state index contributed by atoms with van der Waals surface area (Å²) in [6.45, 7) is 8.02. The monoisotopic (exact) mass is 190 g/mol. The van der Waals surface area contributed by atoms with Crippen molar-refractivity contribution in [3.05, 3.63) is 41.5 Å². The predicted molar refractivity (Wildman–Crippen MR) is 60.6 cm³/mol. The first-order valence-electron chi connectivity index (χ1n) is 5.09. The van der Waals surface area contributed by atoms with E-state index in [4.69, 9.17) is 0 Å². The zero-order valence-electron chi connectivity index (χ0n) is 9.01. The average Bonchev–Trinajstić information content (AvgIpc) is 2.11. The number of rotatable bonds is 4. The Hall–Kier alpha value is -1.24. The third kappa shape index (κ3) is 2.63. The van der Waals surface area contributed by atoms with E-state index in [2.05, 4.69) is 19.6 Å². The lowest BCUT2D eigenvalue weighted by Crippen LogP contribution is -1.95. The summed E-state index contributed by atoms with van der Waals surface area (Å²) in [6.07, 6.45) is 2.91. The van der Waals surface area contributed by atoms with E-state index in [0.717, 1.165) is 30.4 Å². The van der Waals surface area contributed by atoms with E-state index in [1.54, 1.807) is 6.07 Å². The maximum atomic E-state index is 9.73. The molecule has 76 valence electrons. The van der Waals surface area contributed by atoms with Gasteiger partial charge in [-0.2, -0.15) is 0 Å². The van der Waals surface area contributed by atoms with Crippen LogP contribution in [0.25, 0.3) is 0 Å². The van der Waals surface area contributed by atoms with Crippen molar-refractivity contribution in [3.63, 3.8) is 0 Å². The quantitative estimate of drug-likeness (QED) is 0.721. The van der Waals surface area contributed by atoms with Crippen molar-refractivity contribution in [1.82, 2.24) is 0 Å². The van der Waals surface area contributed by atoms with Gasteiger partial charge in [-0.25, -0.2) is 0 Å². The Morgan fingerprint density at radius 1 is 1.43 bits per heavy atom. The lowest BCUT2D eigenvalue weighted by Gasteiger charge is -2.10. The molecule has 0 saturated heterocycles. The molecule has 0 heterocycles. The molecule has 1 aromatic carbocycles. The molecular formula is C13H18O. The standard InChI is InChI=1S/C13H18O/c1-4-6-11-7-5-8-13(14)12(11)9-10(2)3/h5,7-8,14H,2,4,6,9H2,1,3H3. The van der Waals surface area contributed by atoms with Gasteiger partial charge in [0.2, 0.25) is 0 Å². The van der Waals surface area contributed by atoms with E-state index >= 15 is 0 Å². The summed E-state index contributed by atoms with van der Waals surface area (Å²) in [5, 5.41) is 9.73. The molecule has 0 aliphatic carbocycles. The van der Waals surface area contributed by atoms with E-state index in [1.165, 1.54) is 5.56 Å². The van der Waals surface area contributed by atoms with Crippen molar-refractivity contribution in [2.24, 2.45) is 0 Å². The second-order valence-corrected chi connectivity index (χ2v) is 3.80. The number of aromatic hydroxyl groups is 1. The maximum Gasteiger partial charge on any atom is 0.119 e. The molecule has 1 nitrogen and oxygen atoms in total. The molecule has 0 aromatic heterocycles. The Labute approximate surface area is 86.1 Å². The van der Waals surface area contributed by atoms with Crippen LogP contribution in [0, 0.1) is 0 Å². The van der Waals surface area contributed by atoms with Crippen LogP contribution in [0.5, 0.6) is 5.75 Å². The van der Waals surface area contributed by atoms with Crippen LogP contribution in [-0.2, 0) is 12.8 Å². The third-order valence-electron chi connectivity index (χ3n) is 2.25. The van der Waals surface area contributed by atoms with Crippen molar-refractivity contribution in [3.8, 4) is 5.75 Å². The van der Waals surface area contributed by atoms with Gasteiger partial charge in [0.15, 0.2) is 0 Å². The highest BCUT2D eigenvalue weighted by molar-refractivity contribution is 5.41. The van der Waals surface area contributed by atoms with E-state index in [-0.39, 0.29) is 0 Å². The highest BCUT2D eigenvalue weighted by Gasteiger charge is 2.06. The molecule has 1 N–H and O–H groups in total. The van der Waals surface area contributed by atoms with Gasteiger partial charge >= 0.3 is 0 Å². The van der Waals surface area contributed by atoms with Crippen LogP contribution in [-0.4, -0.2) is 5.11 Å². The number of aryl methyl sites for hydroxylation is 1. The zero-order valence-corrected chi connectivity index (χ0v) is 9.01. The molecular weight excluding hydrogens is 172 g/mol. The smallest absolute Gasteiger partial charge is 0.119 e. The first-order chi connectivity index (χ1) is 6.65. The minimum atomic E-state index is 0.402. The average molecular weight is 190 g/mol. The van der Waals surface area contributed by atoms with Crippen molar-refractivity contribution >= 4 is 0 Å². The Morgan fingerprint density at radius 2 is 2.14 bits per heavy atom. The van der Waals surface area contributed by atoms with Gasteiger partial charge in [0.1, 0.15) is 5.75 Å². The molecule has 0 atom stereocenters. The van der Waals surface area contributed by atoms with Crippen molar-refractivity contribution in [2.45, 2.75) is 33.1 Å². The topological polar surface area (TPSA) is 20.2 Å². The Bertz CT molecular complexity index is 326. The largest absolute Gasteiger partial charge is 0.508 e. The van der Waals surface area contributed by atoms with Gasteiger partial charge in [0, 0.05) is 5.56 Å². The minimum absolute atomic E-state index is 0.402. The van der Waals surface area contributed by atoms with Crippen molar-refractivity contribution < 1.29 is 5.11 Å². The molecule has 0 fully saturated rings. The molecule has 0 saturated carbocycles. The molecule has 1 rings (SSSR count). The fourth-order valence-corrected chi connectivity index (χ4v) is 1.63. The first kappa shape index (κ1) is 10.8. The molecule has 0 radical (unpaired) electrons. The summed E-state index contributed by atoms with van der Waals surface area (Å²) in [5.74, 6) is 0.402. The van der Waals surface area contributed by atoms with Gasteiger partial charge in [-0.15, -0.1) is 0 Å². The van der Waals surface area contributed by atoms with Crippen LogP contribution in [0.4, 0.5) is 0 Å². The Morgan fingerprint density at radius 3 is 2.71 bits per heavy atom. The van der Waals surface area contributed by atoms with Crippen molar-refractivity contribution in [2.75, 3.05) is 0 Å². The van der Waals surface area contributed by atoms with E-state index in [1.807, 2.05) is 13.0 Å². The number of benzene rings is 1. The number of allylic oxidation sites excluding steroid dienone is 1. The van der Waals surface area contributed by atoms with Gasteiger partial charge in [0.05, 0.1) is 0 Å². The van der Waals surface area contributed by atoms with Crippen LogP contribution >= 0.6 is 0 Å². The lowest BCUT2D eigenvalue weighted by atomic mass is 9.97. The number of hydrogen-bond donors (Lipinski definition) is 1. The van der Waals surface area contributed by atoms with Gasteiger partial charge in [-0.05, 0) is 31.4 Å². The number of phenols is 1. The third-order valence-corrected chi connectivity index (χ3v) is 2.25. The molecule has 0 amide bonds. The second-order valence-electron chi connectivity index (χ2n) is 3.80. The summed E-state index contributed by atoms with van der Waals surface area (Å²) in [4.78, 5) is 0. The molecule has 1 heteroatoms. The predicted octanol–water partition coefficient (Wildman–Crippen LogP) is 3.46. The first-order valence-corrected chi connectivity index (χ1v) is 5.09. The Balaban J connectivity index is 3.02. The highest BCUT2D eigenvalue weighted by atomic mass is 16.3. The summed E-state index contributed by atoms with van der Waals surface area (Å²) in [6, 6.07) is 5.74. The van der Waals surface area contributed by atoms with E-state index < -0.39 is 0 Å². The number of hydrogen-bond acceptors (Lipinski definition) is 1. The van der Waals surface area contributed by atoms with Crippen molar-refractivity contribution in [1.29, 1.82) is 0 Å². The maximum absolute atomic E-state index is 9.73. The SMILES string of the molecule is C=C(C)Cc1c(O)cccc1CCC. The summed E-state index contributed by atoms with van der Waals surface area (Å²) in [7, 11) is 0. The summed E-state index contributed by atoms with van der Waals surface area (Å²) >= 11 is 0. The molecule has 0 aliphatic heterocycles. The second kappa shape index (κ2) is 4.85. The number of phenolic OH excluding ortho intramolecular Hbond substituents is 1.